The van der Waals surface area contributed by atoms with Gasteiger partial charge in [0.05, 0.1) is 0 Å². The fourth-order valence-electron chi connectivity index (χ4n) is 0.573. The lowest BCUT2D eigenvalue weighted by molar-refractivity contribution is 0.0943. The molecule has 4 N–H and O–H groups in total. The van der Waals surface area contributed by atoms with Crippen LogP contribution in [0.2, 0.25) is 0 Å². The molecular formula is C4H7N5O2. The Morgan fingerprint density at radius 1 is 1.82 bits per heavy atom. The van der Waals surface area contributed by atoms with E-state index in [1.807, 2.05) is 5.43 Å². The third kappa shape index (κ3) is 1.27. The van der Waals surface area contributed by atoms with Crippen LogP contribution in [-0.2, 0) is 7.05 Å². The van der Waals surface area contributed by atoms with Gasteiger partial charge in [-0.3, -0.25) is 15.2 Å². The molecule has 0 aromatic carbocycles. The molecule has 7 nitrogen and oxygen atoms in total. The number of carbonyl (C=O) groups excluding carboxylic acids is 1. The minimum absolute atomic E-state index is 0.0972. The fourth-order valence-corrected chi connectivity index (χ4v) is 0.573. The molecule has 0 atom stereocenters. The fraction of sp³-hybridized carbons (Fsp3) is 0.250. The van der Waals surface area contributed by atoms with Gasteiger partial charge in [0.25, 0.3) is 0 Å². The number of H-pyrrole nitrogens is 1. The van der Waals surface area contributed by atoms with Gasteiger partial charge in [0.15, 0.2) is 0 Å². The number of aromatic amines is 1. The molecule has 0 unspecified atom stereocenters. The van der Waals surface area contributed by atoms with Gasteiger partial charge in [0, 0.05) is 7.05 Å². The summed E-state index contributed by atoms with van der Waals surface area (Å²) in [4.78, 5) is 23.6. The SMILES string of the molecule is Cn1nc(C(=O)NN)[nH]c1=O. The first-order valence-electron chi connectivity index (χ1n) is 2.79. The molecule has 0 saturated carbocycles. The number of rotatable bonds is 1. The summed E-state index contributed by atoms with van der Waals surface area (Å²) in [5, 5.41) is 3.54. The van der Waals surface area contributed by atoms with Crippen LogP contribution in [0, 0.1) is 0 Å². The molecule has 60 valence electrons. The van der Waals surface area contributed by atoms with E-state index >= 15 is 0 Å². The number of hydrazine groups is 1. The molecule has 0 aliphatic carbocycles. The van der Waals surface area contributed by atoms with Crippen LogP contribution in [0.5, 0.6) is 0 Å². The average Bonchev–Trinajstić information content (AvgIpc) is 2.31. The lowest BCUT2D eigenvalue weighted by Gasteiger charge is -1.89. The van der Waals surface area contributed by atoms with E-state index in [2.05, 4.69) is 10.1 Å². The van der Waals surface area contributed by atoms with E-state index in [1.54, 1.807) is 0 Å². The van der Waals surface area contributed by atoms with Gasteiger partial charge in [-0.05, 0) is 0 Å². The summed E-state index contributed by atoms with van der Waals surface area (Å²) in [6, 6.07) is 0. The van der Waals surface area contributed by atoms with Crippen molar-refractivity contribution >= 4 is 5.91 Å². The van der Waals surface area contributed by atoms with Gasteiger partial charge in [0.2, 0.25) is 5.82 Å². The zero-order valence-electron chi connectivity index (χ0n) is 5.79. The summed E-state index contributed by atoms with van der Waals surface area (Å²) in [5.41, 5.74) is 1.38. The highest BCUT2D eigenvalue weighted by Crippen LogP contribution is 1.80. The Balaban J connectivity index is 3.07. The largest absolute Gasteiger partial charge is 0.343 e. The molecule has 1 amide bonds. The van der Waals surface area contributed by atoms with Crippen LogP contribution in [0.4, 0.5) is 0 Å². The first kappa shape index (κ1) is 7.48. The Morgan fingerprint density at radius 3 is 2.82 bits per heavy atom. The van der Waals surface area contributed by atoms with E-state index in [1.165, 1.54) is 7.05 Å². The molecule has 0 bridgehead atoms. The first-order valence-corrected chi connectivity index (χ1v) is 2.79. The van der Waals surface area contributed by atoms with Crippen molar-refractivity contribution in [1.29, 1.82) is 0 Å². The molecule has 1 aromatic rings. The standard InChI is InChI=1S/C4H7N5O2/c1-9-4(11)6-2(8-9)3(10)7-5/h5H2,1H3,(H,7,10)(H,6,8,11). The smallest absolute Gasteiger partial charge is 0.287 e. The van der Waals surface area contributed by atoms with Crippen LogP contribution in [-0.4, -0.2) is 20.7 Å². The lowest BCUT2D eigenvalue weighted by Crippen LogP contribution is -2.31. The number of aromatic nitrogens is 3. The number of amides is 1. The van der Waals surface area contributed by atoms with Crippen molar-refractivity contribution in [3.05, 3.63) is 16.3 Å². The number of hydrogen-bond donors (Lipinski definition) is 3. The van der Waals surface area contributed by atoms with Crippen molar-refractivity contribution < 1.29 is 4.79 Å². The van der Waals surface area contributed by atoms with Crippen molar-refractivity contribution in [2.45, 2.75) is 0 Å². The Bertz CT molecular complexity index is 323. The van der Waals surface area contributed by atoms with E-state index < -0.39 is 11.6 Å². The van der Waals surface area contributed by atoms with Crippen molar-refractivity contribution in [1.82, 2.24) is 20.2 Å². The maximum atomic E-state index is 10.7. The van der Waals surface area contributed by atoms with E-state index in [0.29, 0.717) is 0 Å². The zero-order valence-corrected chi connectivity index (χ0v) is 5.79. The number of aryl methyl sites for hydroxylation is 1. The number of hydrogen-bond acceptors (Lipinski definition) is 4. The Morgan fingerprint density at radius 2 is 2.45 bits per heavy atom. The molecule has 0 radical (unpaired) electrons. The minimum Gasteiger partial charge on any atom is -0.287 e. The second-order valence-electron chi connectivity index (χ2n) is 1.88. The van der Waals surface area contributed by atoms with Crippen molar-refractivity contribution in [3.8, 4) is 0 Å². The van der Waals surface area contributed by atoms with Gasteiger partial charge in [0.1, 0.15) is 0 Å². The van der Waals surface area contributed by atoms with Gasteiger partial charge in [-0.2, -0.15) is 0 Å². The van der Waals surface area contributed by atoms with Gasteiger partial charge in [-0.1, -0.05) is 0 Å². The first-order chi connectivity index (χ1) is 5.15. The third-order valence-electron chi connectivity index (χ3n) is 1.12. The predicted molar refractivity (Wildman–Crippen MR) is 35.5 cm³/mol. The number of nitrogen functional groups attached to an aromatic ring is 1. The quantitative estimate of drug-likeness (QED) is 0.242. The summed E-state index contributed by atoms with van der Waals surface area (Å²) in [6.45, 7) is 0. The van der Waals surface area contributed by atoms with E-state index in [0.717, 1.165) is 4.68 Å². The van der Waals surface area contributed by atoms with Crippen LogP contribution >= 0.6 is 0 Å². The molecule has 0 aliphatic rings. The molecule has 11 heavy (non-hydrogen) atoms. The molecular weight excluding hydrogens is 150 g/mol. The molecule has 1 aromatic heterocycles. The van der Waals surface area contributed by atoms with Crippen LogP contribution in [0.15, 0.2) is 4.79 Å². The summed E-state index contributed by atoms with van der Waals surface area (Å²) in [6.07, 6.45) is 0. The van der Waals surface area contributed by atoms with Gasteiger partial charge >= 0.3 is 11.6 Å². The highest BCUT2D eigenvalue weighted by atomic mass is 16.2. The number of nitrogens with one attached hydrogen (secondary N) is 2. The topological polar surface area (TPSA) is 106 Å². The normalized spacial score (nSPS) is 9.64. The van der Waals surface area contributed by atoms with E-state index in [4.69, 9.17) is 5.84 Å². The molecule has 1 heterocycles. The summed E-state index contributed by atoms with van der Waals surface area (Å²) < 4.78 is 1.00. The minimum atomic E-state index is -0.622. The number of nitrogens with two attached hydrogens (primary N) is 1. The van der Waals surface area contributed by atoms with Crippen LogP contribution in [0.1, 0.15) is 10.6 Å². The van der Waals surface area contributed by atoms with E-state index in [-0.39, 0.29) is 5.82 Å². The Hall–Kier alpha value is -1.63. The van der Waals surface area contributed by atoms with Gasteiger partial charge in [-0.15, -0.1) is 5.10 Å². The summed E-state index contributed by atoms with van der Waals surface area (Å²) >= 11 is 0. The molecule has 0 aliphatic heterocycles. The maximum absolute atomic E-state index is 10.7. The highest BCUT2D eigenvalue weighted by Gasteiger charge is 2.08. The van der Waals surface area contributed by atoms with E-state index in [9.17, 15) is 9.59 Å². The zero-order chi connectivity index (χ0) is 8.43. The predicted octanol–water partition coefficient (Wildman–Crippen LogP) is -2.29. The molecule has 0 fully saturated rings. The second-order valence-corrected chi connectivity index (χ2v) is 1.88. The van der Waals surface area contributed by atoms with Crippen molar-refractivity contribution in [2.75, 3.05) is 0 Å². The third-order valence-corrected chi connectivity index (χ3v) is 1.12. The van der Waals surface area contributed by atoms with Gasteiger partial charge < -0.3 is 0 Å². The maximum Gasteiger partial charge on any atom is 0.343 e. The number of nitrogens with zero attached hydrogens (tertiary/aromatic N) is 2. The van der Waals surface area contributed by atoms with Crippen molar-refractivity contribution in [2.24, 2.45) is 12.9 Å². The average molecular weight is 157 g/mol. The van der Waals surface area contributed by atoms with Crippen molar-refractivity contribution in [3.63, 3.8) is 0 Å². The Labute approximate surface area is 61.2 Å². The second kappa shape index (κ2) is 2.54. The highest BCUT2D eigenvalue weighted by molar-refractivity contribution is 5.89. The molecule has 7 heteroatoms. The Kier molecular flexibility index (Phi) is 1.73. The lowest BCUT2D eigenvalue weighted by atomic mass is 10.6. The summed E-state index contributed by atoms with van der Waals surface area (Å²) in [5.74, 6) is 4.07. The van der Waals surface area contributed by atoms with Gasteiger partial charge in [-0.25, -0.2) is 15.3 Å². The van der Waals surface area contributed by atoms with Crippen LogP contribution in [0.3, 0.4) is 0 Å². The molecule has 1 rings (SSSR count). The summed E-state index contributed by atoms with van der Waals surface area (Å²) in [7, 11) is 1.42. The number of carbonyl (C=O) groups is 1. The molecule has 0 saturated heterocycles. The van der Waals surface area contributed by atoms with Crippen LogP contribution < -0.4 is 17.0 Å². The molecule has 0 spiro atoms. The van der Waals surface area contributed by atoms with Crippen LogP contribution in [0.25, 0.3) is 0 Å². The monoisotopic (exact) mass is 157 g/mol.